The summed E-state index contributed by atoms with van der Waals surface area (Å²) in [7, 11) is 0. The Kier molecular flexibility index (Phi) is 4.59. The fraction of sp³-hybridized carbons (Fsp3) is 0.278. The molecule has 0 fully saturated rings. The van der Waals surface area contributed by atoms with Gasteiger partial charge in [-0.3, -0.25) is 9.48 Å². The van der Waals surface area contributed by atoms with Crippen LogP contribution in [0.5, 0.6) is 0 Å². The highest BCUT2D eigenvalue weighted by atomic mass is 32.1. The lowest BCUT2D eigenvalue weighted by Gasteiger charge is -2.08. The minimum absolute atomic E-state index is 0.222. The number of hydrogen-bond acceptors (Lipinski definition) is 4. The van der Waals surface area contributed by atoms with Crippen molar-refractivity contribution in [3.05, 3.63) is 46.6 Å². The van der Waals surface area contributed by atoms with Crippen molar-refractivity contribution in [2.24, 2.45) is 5.92 Å². The number of nitrogens with zero attached hydrogens (tertiary/aromatic N) is 2. The minimum atomic E-state index is -0.944. The molecule has 25 heavy (non-hydrogen) atoms. The standard InChI is InChI=1S/C18H19N3O3S/c1-10(2)9-21-11(3)14(8-19-21)17(22)20-13-4-5-15-12(6-13)7-16(25-15)18(23)24/h4-8,10H,9H2,1-3H3,(H,20,22)(H,23,24). The molecule has 2 aromatic heterocycles. The number of carboxylic acid groups (broad SMARTS) is 1. The van der Waals surface area contributed by atoms with E-state index >= 15 is 0 Å². The maximum Gasteiger partial charge on any atom is 0.345 e. The number of rotatable bonds is 5. The molecule has 0 atom stereocenters. The molecule has 7 heteroatoms. The first kappa shape index (κ1) is 17.2. The largest absolute Gasteiger partial charge is 0.477 e. The molecule has 0 saturated heterocycles. The van der Waals surface area contributed by atoms with E-state index in [4.69, 9.17) is 5.11 Å². The predicted octanol–water partition coefficient (Wildman–Crippen LogP) is 4.01. The van der Waals surface area contributed by atoms with Crippen LogP contribution in [-0.4, -0.2) is 26.8 Å². The van der Waals surface area contributed by atoms with E-state index in [1.54, 1.807) is 24.4 Å². The van der Waals surface area contributed by atoms with Crippen molar-refractivity contribution in [2.45, 2.75) is 27.3 Å². The van der Waals surface area contributed by atoms with Gasteiger partial charge in [-0.05, 0) is 42.5 Å². The summed E-state index contributed by atoms with van der Waals surface area (Å²) < 4.78 is 2.71. The highest BCUT2D eigenvalue weighted by Gasteiger charge is 2.15. The summed E-state index contributed by atoms with van der Waals surface area (Å²) in [6.45, 7) is 6.84. The summed E-state index contributed by atoms with van der Waals surface area (Å²) in [5.41, 5.74) is 2.00. The van der Waals surface area contributed by atoms with Gasteiger partial charge >= 0.3 is 5.97 Å². The van der Waals surface area contributed by atoms with Crippen LogP contribution in [0.25, 0.3) is 10.1 Å². The Labute approximate surface area is 149 Å². The van der Waals surface area contributed by atoms with E-state index < -0.39 is 5.97 Å². The van der Waals surface area contributed by atoms with Crippen LogP contribution in [0.15, 0.2) is 30.5 Å². The molecule has 1 aromatic carbocycles. The second-order valence-electron chi connectivity index (χ2n) is 6.34. The zero-order valence-corrected chi connectivity index (χ0v) is 15.1. The normalized spacial score (nSPS) is 11.2. The molecule has 3 rings (SSSR count). The van der Waals surface area contributed by atoms with Gasteiger partial charge in [-0.2, -0.15) is 5.10 Å². The quantitative estimate of drug-likeness (QED) is 0.722. The summed E-state index contributed by atoms with van der Waals surface area (Å²) in [5.74, 6) is -0.723. The van der Waals surface area contributed by atoms with Gasteiger partial charge in [-0.1, -0.05) is 13.8 Å². The summed E-state index contributed by atoms with van der Waals surface area (Å²) in [5, 5.41) is 17.0. The molecule has 0 aliphatic carbocycles. The Bertz CT molecular complexity index is 956. The summed E-state index contributed by atoms with van der Waals surface area (Å²) in [4.78, 5) is 23.9. The number of carbonyl (C=O) groups is 2. The SMILES string of the molecule is Cc1c(C(=O)Nc2ccc3sc(C(=O)O)cc3c2)cnn1CC(C)C. The van der Waals surface area contributed by atoms with Crippen LogP contribution < -0.4 is 5.32 Å². The minimum Gasteiger partial charge on any atom is -0.477 e. The highest BCUT2D eigenvalue weighted by Crippen LogP contribution is 2.28. The molecule has 1 amide bonds. The number of thiophene rings is 1. The number of fused-ring (bicyclic) bond motifs is 1. The second-order valence-corrected chi connectivity index (χ2v) is 7.43. The Hall–Kier alpha value is -2.67. The molecule has 0 aliphatic rings. The van der Waals surface area contributed by atoms with E-state index in [1.165, 1.54) is 11.3 Å². The first-order valence-electron chi connectivity index (χ1n) is 7.96. The molecule has 3 aromatic rings. The second kappa shape index (κ2) is 6.68. The van der Waals surface area contributed by atoms with Crippen molar-refractivity contribution >= 4 is 39.0 Å². The van der Waals surface area contributed by atoms with Crippen molar-refractivity contribution < 1.29 is 14.7 Å². The predicted molar refractivity (Wildman–Crippen MR) is 98.5 cm³/mol. The van der Waals surface area contributed by atoms with Crippen molar-refractivity contribution in [2.75, 3.05) is 5.32 Å². The van der Waals surface area contributed by atoms with Gasteiger partial charge in [0.05, 0.1) is 11.8 Å². The first-order chi connectivity index (χ1) is 11.8. The Morgan fingerprint density at radius 2 is 2.08 bits per heavy atom. The number of carboxylic acids is 1. The maximum absolute atomic E-state index is 12.5. The lowest BCUT2D eigenvalue weighted by molar-refractivity contribution is 0.0702. The molecule has 130 valence electrons. The van der Waals surface area contributed by atoms with Crippen molar-refractivity contribution in [1.29, 1.82) is 0 Å². The van der Waals surface area contributed by atoms with E-state index in [2.05, 4.69) is 24.3 Å². The third-order valence-corrected chi connectivity index (χ3v) is 4.97. The zero-order valence-electron chi connectivity index (χ0n) is 14.2. The number of hydrogen-bond donors (Lipinski definition) is 2. The molecule has 6 nitrogen and oxygen atoms in total. The summed E-state index contributed by atoms with van der Waals surface area (Å²) >= 11 is 1.22. The van der Waals surface area contributed by atoms with Crippen molar-refractivity contribution in [3.63, 3.8) is 0 Å². The fourth-order valence-electron chi connectivity index (χ4n) is 2.62. The number of anilines is 1. The van der Waals surface area contributed by atoms with Crippen LogP contribution in [-0.2, 0) is 6.54 Å². The van der Waals surface area contributed by atoms with Gasteiger partial charge in [-0.15, -0.1) is 11.3 Å². The van der Waals surface area contributed by atoms with E-state index in [0.29, 0.717) is 17.2 Å². The van der Waals surface area contributed by atoms with Gasteiger partial charge in [0.15, 0.2) is 0 Å². The molecule has 0 unspecified atom stereocenters. The van der Waals surface area contributed by atoms with Crippen LogP contribution in [0.3, 0.4) is 0 Å². The summed E-state index contributed by atoms with van der Waals surface area (Å²) in [6.07, 6.45) is 1.58. The lowest BCUT2D eigenvalue weighted by atomic mass is 10.2. The molecule has 0 spiro atoms. The van der Waals surface area contributed by atoms with Gasteiger partial charge in [0.1, 0.15) is 4.88 Å². The van der Waals surface area contributed by atoms with Crippen LogP contribution in [0.1, 0.15) is 39.6 Å². The topological polar surface area (TPSA) is 84.2 Å². The Morgan fingerprint density at radius 1 is 1.32 bits per heavy atom. The monoisotopic (exact) mass is 357 g/mol. The third-order valence-electron chi connectivity index (χ3n) is 3.87. The van der Waals surface area contributed by atoms with Crippen LogP contribution in [0.2, 0.25) is 0 Å². The number of aromatic nitrogens is 2. The Balaban J connectivity index is 1.82. The molecular formula is C18H19N3O3S. The fourth-order valence-corrected chi connectivity index (χ4v) is 3.51. The molecule has 0 radical (unpaired) electrons. The third kappa shape index (κ3) is 3.56. The summed E-state index contributed by atoms with van der Waals surface area (Å²) in [6, 6.07) is 6.99. The van der Waals surface area contributed by atoms with Gasteiger partial charge in [0.25, 0.3) is 5.91 Å². The first-order valence-corrected chi connectivity index (χ1v) is 8.77. The number of aromatic carboxylic acids is 1. The van der Waals surface area contributed by atoms with Gasteiger partial charge in [0, 0.05) is 22.6 Å². The number of amides is 1. The highest BCUT2D eigenvalue weighted by molar-refractivity contribution is 7.20. The lowest BCUT2D eigenvalue weighted by Crippen LogP contribution is -2.14. The molecule has 0 bridgehead atoms. The van der Waals surface area contributed by atoms with E-state index in [-0.39, 0.29) is 10.8 Å². The van der Waals surface area contributed by atoms with Crippen molar-refractivity contribution in [3.8, 4) is 0 Å². The molecule has 2 heterocycles. The average Bonchev–Trinajstić information content (AvgIpc) is 3.11. The maximum atomic E-state index is 12.5. The zero-order chi connectivity index (χ0) is 18.1. The molecular weight excluding hydrogens is 338 g/mol. The van der Waals surface area contributed by atoms with Gasteiger partial charge in [-0.25, -0.2) is 4.79 Å². The van der Waals surface area contributed by atoms with Gasteiger partial charge < -0.3 is 10.4 Å². The number of carbonyl (C=O) groups excluding carboxylic acids is 1. The smallest absolute Gasteiger partial charge is 0.345 e. The van der Waals surface area contributed by atoms with Crippen LogP contribution in [0, 0.1) is 12.8 Å². The van der Waals surface area contributed by atoms with E-state index in [0.717, 1.165) is 22.3 Å². The van der Waals surface area contributed by atoms with E-state index in [9.17, 15) is 9.59 Å². The molecule has 0 saturated carbocycles. The van der Waals surface area contributed by atoms with Crippen LogP contribution >= 0.6 is 11.3 Å². The Morgan fingerprint density at radius 3 is 2.76 bits per heavy atom. The van der Waals surface area contributed by atoms with Gasteiger partial charge in [0.2, 0.25) is 0 Å². The number of nitrogens with one attached hydrogen (secondary N) is 1. The van der Waals surface area contributed by atoms with E-state index in [1.807, 2.05) is 17.7 Å². The molecule has 2 N–H and O–H groups in total. The average molecular weight is 357 g/mol. The van der Waals surface area contributed by atoms with Crippen LogP contribution in [0.4, 0.5) is 5.69 Å². The molecule has 0 aliphatic heterocycles. The number of benzene rings is 1. The van der Waals surface area contributed by atoms with Crippen molar-refractivity contribution in [1.82, 2.24) is 9.78 Å².